The van der Waals surface area contributed by atoms with Gasteiger partial charge in [0.15, 0.2) is 6.61 Å². The van der Waals surface area contributed by atoms with Crippen LogP contribution in [0.3, 0.4) is 0 Å². The van der Waals surface area contributed by atoms with E-state index < -0.39 is 18.0 Å². The van der Waals surface area contributed by atoms with E-state index in [1.165, 1.54) is 17.4 Å². The topological polar surface area (TPSA) is 85.6 Å². The number of amides is 1. The highest BCUT2D eigenvalue weighted by Gasteiger charge is 2.21. The molecule has 3 aromatic rings. The van der Waals surface area contributed by atoms with Crippen LogP contribution in [0.1, 0.15) is 45.9 Å². The highest BCUT2D eigenvalue weighted by Crippen LogP contribution is 2.29. The molecule has 8 heteroatoms. The molecule has 1 amide bonds. The van der Waals surface area contributed by atoms with Crippen LogP contribution in [0.4, 0.5) is 0 Å². The van der Waals surface area contributed by atoms with Crippen LogP contribution in [0.25, 0.3) is 11.3 Å². The van der Waals surface area contributed by atoms with Crippen molar-refractivity contribution in [3.8, 4) is 11.3 Å². The van der Waals surface area contributed by atoms with Crippen LogP contribution in [0.15, 0.2) is 52.9 Å². The summed E-state index contributed by atoms with van der Waals surface area (Å²) in [4.78, 5) is 37.8. The average molecular weight is 460 g/mol. The molecule has 6 nitrogen and oxygen atoms in total. The maximum absolute atomic E-state index is 12.4. The van der Waals surface area contributed by atoms with Crippen molar-refractivity contribution in [1.82, 2.24) is 5.32 Å². The maximum atomic E-state index is 12.4. The fourth-order valence-corrected chi connectivity index (χ4v) is 3.68. The monoisotopic (exact) mass is 459 g/mol. The second kappa shape index (κ2) is 9.49. The highest BCUT2D eigenvalue weighted by atomic mass is 35.5. The number of hydrogen-bond acceptors (Lipinski definition) is 6. The van der Waals surface area contributed by atoms with Gasteiger partial charge in [0.05, 0.1) is 16.4 Å². The molecule has 1 aromatic carbocycles. The predicted molar refractivity (Wildman–Crippen MR) is 119 cm³/mol. The van der Waals surface area contributed by atoms with Gasteiger partial charge in [-0.2, -0.15) is 0 Å². The summed E-state index contributed by atoms with van der Waals surface area (Å²) in [6.45, 7) is 5.42. The summed E-state index contributed by atoms with van der Waals surface area (Å²) >= 11 is 7.39. The summed E-state index contributed by atoms with van der Waals surface area (Å²) in [5, 5.41) is 3.33. The summed E-state index contributed by atoms with van der Waals surface area (Å²) < 4.78 is 10.6. The molecule has 0 saturated heterocycles. The van der Waals surface area contributed by atoms with Crippen LogP contribution < -0.4 is 5.32 Å². The second-order valence-corrected chi connectivity index (χ2v) is 9.42. The minimum Gasteiger partial charge on any atom is -0.451 e. The smallest absolute Gasteiger partial charge is 0.374 e. The summed E-state index contributed by atoms with van der Waals surface area (Å²) in [7, 11) is 0. The number of nitrogens with one attached hydrogen (secondary N) is 1. The molecule has 31 heavy (non-hydrogen) atoms. The molecule has 0 fully saturated rings. The van der Waals surface area contributed by atoms with Gasteiger partial charge in [0, 0.05) is 15.9 Å². The molecule has 2 aromatic heterocycles. The van der Waals surface area contributed by atoms with Crippen LogP contribution in [-0.2, 0) is 16.1 Å². The van der Waals surface area contributed by atoms with Gasteiger partial charge >= 0.3 is 5.97 Å². The number of furan rings is 1. The SMILES string of the molecule is CC(C)(C)C(=O)NCc1ccc(C(=O)COC(=O)c2ccc(-c3ccccc3Cl)o2)s1. The Morgan fingerprint density at radius 2 is 1.81 bits per heavy atom. The van der Waals surface area contributed by atoms with Crippen molar-refractivity contribution < 1.29 is 23.5 Å². The van der Waals surface area contributed by atoms with E-state index in [0.29, 0.717) is 27.8 Å². The Bertz CT molecular complexity index is 1110. The van der Waals surface area contributed by atoms with Gasteiger partial charge in [-0.15, -0.1) is 11.3 Å². The average Bonchev–Trinajstić information content (AvgIpc) is 3.39. The summed E-state index contributed by atoms with van der Waals surface area (Å²) in [5.74, 6) is -0.716. The van der Waals surface area contributed by atoms with E-state index in [4.69, 9.17) is 20.8 Å². The van der Waals surface area contributed by atoms with E-state index in [1.54, 1.807) is 36.4 Å². The third kappa shape index (κ3) is 5.83. The van der Waals surface area contributed by atoms with Crippen LogP contribution in [-0.4, -0.2) is 24.3 Å². The van der Waals surface area contributed by atoms with Crippen LogP contribution in [0.5, 0.6) is 0 Å². The molecule has 0 radical (unpaired) electrons. The quantitative estimate of drug-likeness (QED) is 0.379. The molecule has 3 rings (SSSR count). The Kier molecular flexibility index (Phi) is 6.97. The number of carbonyl (C=O) groups is 3. The number of thiophene rings is 1. The Hall–Kier alpha value is -2.90. The lowest BCUT2D eigenvalue weighted by molar-refractivity contribution is -0.128. The number of benzene rings is 1. The molecule has 2 heterocycles. The zero-order chi connectivity index (χ0) is 22.6. The van der Waals surface area contributed by atoms with E-state index in [2.05, 4.69) is 5.32 Å². The lowest BCUT2D eigenvalue weighted by atomic mass is 9.96. The number of ether oxygens (including phenoxy) is 1. The summed E-state index contributed by atoms with van der Waals surface area (Å²) in [6, 6.07) is 13.6. The lowest BCUT2D eigenvalue weighted by Crippen LogP contribution is -2.34. The van der Waals surface area contributed by atoms with Crippen molar-refractivity contribution in [2.45, 2.75) is 27.3 Å². The van der Waals surface area contributed by atoms with E-state index >= 15 is 0 Å². The van der Waals surface area contributed by atoms with Crippen molar-refractivity contribution in [3.05, 3.63) is 69.1 Å². The highest BCUT2D eigenvalue weighted by molar-refractivity contribution is 7.14. The fraction of sp³-hybridized carbons (Fsp3) is 0.261. The molecular weight excluding hydrogens is 438 g/mol. The largest absolute Gasteiger partial charge is 0.451 e. The van der Waals surface area contributed by atoms with Crippen molar-refractivity contribution in [2.75, 3.05) is 6.61 Å². The first-order chi connectivity index (χ1) is 14.6. The molecule has 0 aliphatic heterocycles. The summed E-state index contributed by atoms with van der Waals surface area (Å²) in [6.07, 6.45) is 0. The molecule has 0 aliphatic carbocycles. The number of ketones is 1. The van der Waals surface area contributed by atoms with E-state index in [-0.39, 0.29) is 17.5 Å². The lowest BCUT2D eigenvalue weighted by Gasteiger charge is -2.17. The van der Waals surface area contributed by atoms with Crippen LogP contribution in [0, 0.1) is 5.41 Å². The Morgan fingerprint density at radius 3 is 2.52 bits per heavy atom. The Morgan fingerprint density at radius 1 is 1.06 bits per heavy atom. The molecular formula is C23H22ClNO5S. The zero-order valence-corrected chi connectivity index (χ0v) is 18.9. The van der Waals surface area contributed by atoms with Gasteiger partial charge in [-0.3, -0.25) is 9.59 Å². The van der Waals surface area contributed by atoms with Crippen molar-refractivity contribution in [2.24, 2.45) is 5.41 Å². The fourth-order valence-electron chi connectivity index (χ4n) is 2.58. The van der Waals surface area contributed by atoms with Gasteiger partial charge in [0.25, 0.3) is 0 Å². The number of halogens is 1. The third-order valence-corrected chi connectivity index (χ3v) is 5.78. The Balaban J connectivity index is 1.54. The number of rotatable bonds is 7. The minimum atomic E-state index is -0.735. The van der Waals surface area contributed by atoms with Crippen molar-refractivity contribution >= 4 is 40.6 Å². The van der Waals surface area contributed by atoms with Gasteiger partial charge in [0.2, 0.25) is 17.5 Å². The molecule has 0 atom stereocenters. The first kappa shape index (κ1) is 22.8. The molecule has 0 saturated carbocycles. The predicted octanol–water partition coefficient (Wildman–Crippen LogP) is 5.36. The number of esters is 1. The number of hydrogen-bond donors (Lipinski definition) is 1. The van der Waals surface area contributed by atoms with Crippen molar-refractivity contribution in [1.29, 1.82) is 0 Å². The first-order valence-electron chi connectivity index (χ1n) is 9.57. The molecule has 1 N–H and O–H groups in total. The summed E-state index contributed by atoms with van der Waals surface area (Å²) in [5.41, 5.74) is 0.172. The standard InChI is InChI=1S/C23H22ClNO5S/c1-23(2,3)22(28)25-12-14-8-11-20(31-14)17(26)13-29-21(27)19-10-9-18(30-19)15-6-4-5-7-16(15)24/h4-11H,12-13H2,1-3H3,(H,25,28). The van der Waals surface area contributed by atoms with Gasteiger partial charge in [0.1, 0.15) is 5.76 Å². The third-order valence-electron chi connectivity index (χ3n) is 4.32. The van der Waals surface area contributed by atoms with E-state index in [9.17, 15) is 14.4 Å². The molecule has 0 aliphatic rings. The van der Waals surface area contributed by atoms with Crippen LogP contribution in [0.2, 0.25) is 5.02 Å². The second-order valence-electron chi connectivity index (χ2n) is 7.84. The Labute approximate surface area is 189 Å². The van der Waals surface area contributed by atoms with E-state index in [0.717, 1.165) is 4.88 Å². The van der Waals surface area contributed by atoms with Crippen molar-refractivity contribution in [3.63, 3.8) is 0 Å². The molecule has 162 valence electrons. The maximum Gasteiger partial charge on any atom is 0.374 e. The molecule has 0 spiro atoms. The number of Topliss-reactive ketones (excluding diaryl/α,β-unsaturated/α-hetero) is 1. The normalized spacial score (nSPS) is 11.2. The van der Waals surface area contributed by atoms with Gasteiger partial charge in [-0.1, -0.05) is 44.5 Å². The minimum absolute atomic E-state index is 0.0144. The van der Waals surface area contributed by atoms with Gasteiger partial charge in [-0.05, 0) is 36.4 Å². The molecule has 0 bridgehead atoms. The van der Waals surface area contributed by atoms with E-state index in [1.807, 2.05) is 26.8 Å². The van der Waals surface area contributed by atoms with Gasteiger partial charge in [-0.25, -0.2) is 4.79 Å². The zero-order valence-electron chi connectivity index (χ0n) is 17.4. The molecule has 0 unspecified atom stereocenters. The number of carbonyl (C=O) groups excluding carboxylic acids is 3. The first-order valence-corrected chi connectivity index (χ1v) is 10.8. The van der Waals surface area contributed by atoms with Gasteiger partial charge < -0.3 is 14.5 Å². The van der Waals surface area contributed by atoms with Crippen LogP contribution >= 0.6 is 22.9 Å².